The molecule has 33 heavy (non-hydrogen) atoms. The van der Waals surface area contributed by atoms with Crippen LogP contribution in [0.3, 0.4) is 0 Å². The number of carbonyl (C=O) groups is 1. The molecule has 8 nitrogen and oxygen atoms in total. The van der Waals surface area contributed by atoms with Gasteiger partial charge in [0.2, 0.25) is 11.9 Å². The summed E-state index contributed by atoms with van der Waals surface area (Å²) in [7, 11) is 0. The Bertz CT molecular complexity index is 1310. The van der Waals surface area contributed by atoms with Crippen LogP contribution in [0.4, 0.5) is 10.1 Å². The first-order chi connectivity index (χ1) is 16.0. The van der Waals surface area contributed by atoms with Crippen molar-refractivity contribution < 1.29 is 9.18 Å². The number of fused-ring (bicyclic) bond motifs is 1. The van der Waals surface area contributed by atoms with Gasteiger partial charge in [0, 0.05) is 12.7 Å². The first-order valence-electron chi connectivity index (χ1n) is 11.4. The molecular weight excluding hydrogens is 425 g/mol. The molecule has 1 aromatic carbocycles. The fraction of sp³-hybridized carbons (Fsp3) is 0.417. The summed E-state index contributed by atoms with van der Waals surface area (Å²) >= 11 is 0. The zero-order chi connectivity index (χ0) is 22.9. The Labute approximate surface area is 189 Å². The number of halogens is 1. The van der Waals surface area contributed by atoms with Crippen LogP contribution in [0.5, 0.6) is 0 Å². The van der Waals surface area contributed by atoms with E-state index in [1.165, 1.54) is 36.1 Å². The zero-order valence-corrected chi connectivity index (χ0v) is 18.2. The number of hydrogen-bond acceptors (Lipinski definition) is 5. The highest BCUT2D eigenvalue weighted by Gasteiger charge is 2.30. The van der Waals surface area contributed by atoms with Gasteiger partial charge in [-0.1, -0.05) is 25.0 Å². The van der Waals surface area contributed by atoms with Crippen molar-refractivity contribution >= 4 is 22.5 Å². The molecule has 1 atom stereocenters. The van der Waals surface area contributed by atoms with Crippen molar-refractivity contribution in [3.63, 3.8) is 0 Å². The van der Waals surface area contributed by atoms with Crippen molar-refractivity contribution in [2.45, 2.75) is 32.2 Å². The van der Waals surface area contributed by atoms with Crippen LogP contribution in [-0.4, -0.2) is 45.0 Å². The van der Waals surface area contributed by atoms with Crippen molar-refractivity contribution in [1.82, 2.24) is 19.4 Å². The van der Waals surface area contributed by atoms with E-state index in [0.29, 0.717) is 23.0 Å². The Morgan fingerprint density at radius 3 is 2.85 bits per heavy atom. The van der Waals surface area contributed by atoms with Crippen molar-refractivity contribution in [2.75, 3.05) is 25.0 Å². The highest BCUT2D eigenvalue weighted by Crippen LogP contribution is 2.33. The van der Waals surface area contributed by atoms with Gasteiger partial charge in [-0.15, -0.1) is 0 Å². The van der Waals surface area contributed by atoms with E-state index in [0.717, 1.165) is 25.4 Å². The van der Waals surface area contributed by atoms with Crippen LogP contribution in [0.25, 0.3) is 10.9 Å². The maximum atomic E-state index is 14.4. The highest BCUT2D eigenvalue weighted by molar-refractivity contribution is 5.93. The number of hydrogen-bond donors (Lipinski definition) is 2. The topological polar surface area (TPSA) is 100 Å². The molecule has 3 aromatic rings. The van der Waals surface area contributed by atoms with Gasteiger partial charge in [0.15, 0.2) is 0 Å². The summed E-state index contributed by atoms with van der Waals surface area (Å²) in [6.07, 6.45) is 5.91. The first kappa shape index (κ1) is 21.5. The van der Waals surface area contributed by atoms with E-state index in [1.807, 2.05) is 0 Å². The molecule has 1 saturated heterocycles. The number of nitrogens with zero attached hydrogens (tertiary/aromatic N) is 3. The van der Waals surface area contributed by atoms with Gasteiger partial charge in [0.05, 0.1) is 29.1 Å². The monoisotopic (exact) mass is 451 g/mol. The van der Waals surface area contributed by atoms with Crippen LogP contribution in [-0.2, 0) is 11.3 Å². The van der Waals surface area contributed by atoms with E-state index in [2.05, 4.69) is 20.2 Å². The fourth-order valence-corrected chi connectivity index (χ4v) is 4.50. The van der Waals surface area contributed by atoms with E-state index in [-0.39, 0.29) is 24.1 Å². The molecule has 0 spiro atoms. The maximum absolute atomic E-state index is 14.4. The van der Waals surface area contributed by atoms with Gasteiger partial charge in [-0.3, -0.25) is 19.1 Å². The second-order valence-electron chi connectivity index (χ2n) is 9.05. The lowest BCUT2D eigenvalue weighted by atomic mass is 10.1. The van der Waals surface area contributed by atoms with Crippen LogP contribution >= 0.6 is 0 Å². The molecule has 0 bridgehead atoms. The Hall–Kier alpha value is -3.33. The van der Waals surface area contributed by atoms with Gasteiger partial charge >= 0.3 is 5.69 Å². The number of likely N-dealkylation sites (tertiary alicyclic amines) is 1. The number of aromatic amines is 1. The first-order valence-corrected chi connectivity index (χ1v) is 11.4. The summed E-state index contributed by atoms with van der Waals surface area (Å²) < 4.78 is 15.8. The predicted octanol–water partition coefficient (Wildman–Crippen LogP) is 2.33. The molecule has 172 valence electrons. The van der Waals surface area contributed by atoms with Gasteiger partial charge in [-0.2, -0.15) is 4.39 Å². The third-order valence-corrected chi connectivity index (χ3v) is 6.59. The normalized spacial score (nSPS) is 18.6. The molecular formula is C24H26FN5O3. The van der Waals surface area contributed by atoms with Crippen molar-refractivity contribution in [2.24, 2.45) is 11.8 Å². The third kappa shape index (κ3) is 4.73. The van der Waals surface area contributed by atoms with E-state index < -0.39 is 17.2 Å². The molecule has 1 saturated carbocycles. The van der Waals surface area contributed by atoms with Gasteiger partial charge in [0.25, 0.3) is 5.56 Å². The Morgan fingerprint density at radius 2 is 2.03 bits per heavy atom. The molecule has 2 fully saturated rings. The number of H-pyrrole nitrogens is 1. The minimum absolute atomic E-state index is 0.00397. The summed E-state index contributed by atoms with van der Waals surface area (Å²) in [5, 5.41) is 3.07. The number of rotatable bonds is 7. The number of pyridine rings is 1. The lowest BCUT2D eigenvalue weighted by Gasteiger charge is -2.16. The number of para-hydroxylation sites is 1. The van der Waals surface area contributed by atoms with Gasteiger partial charge < -0.3 is 10.2 Å². The second-order valence-corrected chi connectivity index (χ2v) is 9.05. The molecule has 1 aliphatic carbocycles. The average Bonchev–Trinajstić information content (AvgIpc) is 3.52. The number of nitrogens with one attached hydrogen (secondary N) is 2. The molecule has 0 unspecified atom stereocenters. The maximum Gasteiger partial charge on any atom is 0.329 e. The standard InChI is InChI=1S/C24H26FN5O3/c25-21-19(27-22(31)17-8-10-29(14-17)9-7-15-5-6-15)11-16(12-26-21)13-30-20-4-2-1-3-18(20)23(32)28-24(30)33/h1-4,11-12,15,17H,5-10,13-14H2,(H,27,31)(H,28,32,33)/t17-/m0/s1. The molecule has 1 amide bonds. The SMILES string of the molecule is O=C(Nc1cc(Cn2c(=O)[nH]c(=O)c3ccccc32)cnc1F)[C@H]1CCN(CCC2CC2)C1. The van der Waals surface area contributed by atoms with Gasteiger partial charge in [-0.05, 0) is 55.6 Å². The Morgan fingerprint density at radius 1 is 1.21 bits per heavy atom. The fourth-order valence-electron chi connectivity index (χ4n) is 4.50. The van der Waals surface area contributed by atoms with Gasteiger partial charge in [0.1, 0.15) is 0 Å². The highest BCUT2D eigenvalue weighted by atomic mass is 19.1. The smallest absolute Gasteiger partial charge is 0.322 e. The van der Waals surface area contributed by atoms with Crippen LogP contribution in [0.15, 0.2) is 46.1 Å². The van der Waals surface area contributed by atoms with Crippen molar-refractivity contribution in [3.05, 3.63) is 68.9 Å². The minimum Gasteiger partial charge on any atom is -0.322 e. The van der Waals surface area contributed by atoms with E-state index in [9.17, 15) is 18.8 Å². The molecule has 5 rings (SSSR count). The largest absolute Gasteiger partial charge is 0.329 e. The summed E-state index contributed by atoms with van der Waals surface area (Å²) in [4.78, 5) is 45.7. The summed E-state index contributed by atoms with van der Waals surface area (Å²) in [6, 6.07) is 8.26. The molecule has 0 radical (unpaired) electrons. The second kappa shape index (κ2) is 8.90. The van der Waals surface area contributed by atoms with E-state index in [4.69, 9.17) is 0 Å². The molecule has 2 N–H and O–H groups in total. The molecule has 3 heterocycles. The number of amides is 1. The zero-order valence-electron chi connectivity index (χ0n) is 18.2. The lowest BCUT2D eigenvalue weighted by molar-refractivity contribution is -0.119. The summed E-state index contributed by atoms with van der Waals surface area (Å²) in [5.74, 6) is -0.311. The Balaban J connectivity index is 1.31. The van der Waals surface area contributed by atoms with Crippen molar-refractivity contribution in [3.8, 4) is 0 Å². The third-order valence-electron chi connectivity index (χ3n) is 6.59. The van der Waals surface area contributed by atoms with Crippen LogP contribution in [0.1, 0.15) is 31.2 Å². The van der Waals surface area contributed by atoms with Crippen LogP contribution in [0.2, 0.25) is 0 Å². The summed E-state index contributed by atoms with van der Waals surface area (Å²) in [6.45, 7) is 2.66. The lowest BCUT2D eigenvalue weighted by Crippen LogP contribution is -2.30. The molecule has 9 heteroatoms. The number of benzene rings is 1. The minimum atomic E-state index is -0.769. The van der Waals surface area contributed by atoms with E-state index >= 15 is 0 Å². The van der Waals surface area contributed by atoms with Gasteiger partial charge in [-0.25, -0.2) is 9.78 Å². The van der Waals surface area contributed by atoms with E-state index in [1.54, 1.807) is 24.3 Å². The quantitative estimate of drug-likeness (QED) is 0.537. The van der Waals surface area contributed by atoms with Crippen LogP contribution < -0.4 is 16.6 Å². The number of anilines is 1. The van der Waals surface area contributed by atoms with Crippen molar-refractivity contribution in [1.29, 1.82) is 0 Å². The summed E-state index contributed by atoms with van der Waals surface area (Å²) in [5.41, 5.74) is -0.0248. The molecule has 2 aliphatic rings. The van der Waals surface area contributed by atoms with Crippen LogP contribution in [0, 0.1) is 17.8 Å². The number of carbonyl (C=O) groups excluding carboxylic acids is 1. The average molecular weight is 452 g/mol. The predicted molar refractivity (Wildman–Crippen MR) is 123 cm³/mol. The molecule has 1 aliphatic heterocycles. The Kier molecular flexibility index (Phi) is 5.80. The number of aromatic nitrogens is 3. The molecule has 2 aromatic heterocycles.